The van der Waals surface area contributed by atoms with Crippen molar-refractivity contribution in [2.45, 2.75) is 76.9 Å². The third kappa shape index (κ3) is 9.42. The van der Waals surface area contributed by atoms with Crippen LogP contribution in [-0.2, 0) is 29.6 Å². The third-order valence-corrected chi connectivity index (χ3v) is 17.1. The van der Waals surface area contributed by atoms with E-state index in [2.05, 4.69) is 54.6 Å². The number of carboxylic acid groups (broad SMARTS) is 1. The predicted molar refractivity (Wildman–Crippen MR) is 283 cm³/mol. The van der Waals surface area contributed by atoms with Crippen molar-refractivity contribution in [2.75, 3.05) is 54.4 Å². The first kappa shape index (κ1) is 46.9. The van der Waals surface area contributed by atoms with Gasteiger partial charge < -0.3 is 19.6 Å². The zero-order chi connectivity index (χ0) is 49.9. The minimum Gasteiger partial charge on any atom is -0.490 e. The molecule has 2 saturated heterocycles. The van der Waals surface area contributed by atoms with Gasteiger partial charge in [-0.25, -0.2) is 14.8 Å². The zero-order valence-electron chi connectivity index (χ0n) is 41.2. The summed E-state index contributed by atoms with van der Waals surface area (Å²) >= 11 is 1.44. The number of anilines is 3. The number of carbonyl (C=O) groups excluding carboxylic acids is 3. The normalized spacial score (nSPS) is 22.3. The van der Waals surface area contributed by atoms with Crippen molar-refractivity contribution < 1.29 is 29.0 Å². The van der Waals surface area contributed by atoms with Gasteiger partial charge in [0.25, 0.3) is 5.91 Å². The van der Waals surface area contributed by atoms with Crippen LogP contribution in [0.5, 0.6) is 5.75 Å². The van der Waals surface area contributed by atoms with Gasteiger partial charge in [0, 0.05) is 81.5 Å². The summed E-state index contributed by atoms with van der Waals surface area (Å²) in [5.74, 6) is 1.47. The lowest BCUT2D eigenvalue weighted by Crippen LogP contribution is -2.47. The number of aromatic carboxylic acids is 1. The average molecular weight is 998 g/mol. The molecule has 0 bridgehead atoms. The van der Waals surface area contributed by atoms with Crippen molar-refractivity contribution in [3.8, 4) is 16.9 Å². The fourth-order valence-electron chi connectivity index (χ4n) is 12.2. The number of carboxylic acids is 1. The van der Waals surface area contributed by atoms with E-state index in [-0.39, 0.29) is 29.5 Å². The van der Waals surface area contributed by atoms with Crippen LogP contribution in [0.1, 0.15) is 94.1 Å². The first-order valence-electron chi connectivity index (χ1n) is 25.8. The van der Waals surface area contributed by atoms with Gasteiger partial charge in [-0.2, -0.15) is 5.10 Å². The number of aromatic nitrogens is 4. The first-order valence-corrected chi connectivity index (χ1v) is 26.6. The van der Waals surface area contributed by atoms with Crippen LogP contribution in [-0.4, -0.2) is 98.8 Å². The second kappa shape index (κ2) is 19.4. The van der Waals surface area contributed by atoms with E-state index in [0.29, 0.717) is 54.4 Å². The maximum absolute atomic E-state index is 13.6. The van der Waals surface area contributed by atoms with E-state index >= 15 is 0 Å². The van der Waals surface area contributed by atoms with E-state index in [4.69, 9.17) is 14.8 Å². The number of nitrogens with zero attached hydrogens (tertiary/aromatic N) is 7. The van der Waals surface area contributed by atoms with Crippen molar-refractivity contribution >= 4 is 72.8 Å². The molecule has 3 atom stereocenters. The van der Waals surface area contributed by atoms with E-state index in [0.717, 1.165) is 112 Å². The van der Waals surface area contributed by atoms with Crippen molar-refractivity contribution in [3.63, 3.8) is 0 Å². The number of imide groups is 1. The molecule has 0 radical (unpaired) electrons. The van der Waals surface area contributed by atoms with Gasteiger partial charge >= 0.3 is 5.97 Å². The summed E-state index contributed by atoms with van der Waals surface area (Å²) in [6, 6.07) is 29.7. The van der Waals surface area contributed by atoms with Gasteiger partial charge in [-0.15, -0.1) is 0 Å². The molecule has 15 nitrogen and oxygen atoms in total. The van der Waals surface area contributed by atoms with Crippen LogP contribution in [0.3, 0.4) is 0 Å². The first-order chi connectivity index (χ1) is 35.5. The monoisotopic (exact) mass is 997 g/mol. The molecule has 4 aromatic carbocycles. The summed E-state index contributed by atoms with van der Waals surface area (Å²) in [5, 5.41) is 22.2. The number of fused-ring (bicyclic) bond motifs is 3. The summed E-state index contributed by atoms with van der Waals surface area (Å²) in [7, 11) is 1.92. The van der Waals surface area contributed by atoms with E-state index < -0.39 is 11.9 Å². The van der Waals surface area contributed by atoms with Crippen molar-refractivity contribution in [1.29, 1.82) is 0 Å². The molecule has 3 amide bonds. The number of hydrogen-bond donors (Lipinski definition) is 3. The average Bonchev–Trinajstić information content (AvgIpc) is 3.92. The summed E-state index contributed by atoms with van der Waals surface area (Å²) in [6.45, 7) is 8.25. The molecule has 7 aromatic rings. The van der Waals surface area contributed by atoms with Gasteiger partial charge in [0.1, 0.15) is 11.6 Å². The Morgan fingerprint density at radius 1 is 0.849 bits per heavy atom. The lowest BCUT2D eigenvalue weighted by molar-refractivity contribution is -0.134. The smallest absolute Gasteiger partial charge is 0.355 e. The molecule has 73 heavy (non-hydrogen) atoms. The molecule has 6 heterocycles. The van der Waals surface area contributed by atoms with Gasteiger partial charge in [-0.05, 0) is 153 Å². The number of carbonyl (C=O) groups is 4. The Morgan fingerprint density at radius 2 is 1.67 bits per heavy atom. The molecule has 12 rings (SSSR count). The van der Waals surface area contributed by atoms with E-state index in [9.17, 15) is 24.3 Å². The standard InChI is InChI=1S/C57H59N9O6S/c1-33-28-39(15-17-40(33)41-18-20-50(59-53(41)56(70)71)66-23-22-34-6-5-7-42(46(34)32-66)54(68)61-57-58-47-8-3-4-9-49(47)73-57)72-38-13-10-35(11-14-38)45-29-36(45)31-64-24-26-65(27-25-64)37-12-16-43-48(30-37)63(2)62-52(43)44-19-21-51(67)60-55(44)69/h3-9,12,15-18,20,28,30,35-36,38,44-45H,10-11,13-14,19,21-27,29,31-32H2,1-2H3,(H,70,71)(H,58,61,68)(H,60,67,69)/t35?,36-,38?,44?,45-/m1/s1. The molecule has 1 unspecified atom stereocenters. The van der Waals surface area contributed by atoms with Crippen LogP contribution in [0.2, 0.25) is 0 Å². The van der Waals surface area contributed by atoms with E-state index in [1.807, 2.05) is 85.4 Å². The molecule has 16 heteroatoms. The maximum atomic E-state index is 13.6. The van der Waals surface area contributed by atoms with Crippen LogP contribution < -0.4 is 25.2 Å². The number of piperidine rings is 1. The van der Waals surface area contributed by atoms with Crippen LogP contribution in [0.4, 0.5) is 16.6 Å². The number of benzene rings is 4. The molecule has 374 valence electrons. The maximum Gasteiger partial charge on any atom is 0.355 e. The number of ether oxygens (including phenoxy) is 1. The highest BCUT2D eigenvalue weighted by Gasteiger charge is 2.45. The number of piperazine rings is 1. The van der Waals surface area contributed by atoms with E-state index in [1.54, 1.807) is 0 Å². The highest BCUT2D eigenvalue weighted by Crippen LogP contribution is 2.50. The molecule has 4 fully saturated rings. The lowest BCUT2D eigenvalue weighted by atomic mass is 9.83. The third-order valence-electron chi connectivity index (χ3n) is 16.2. The van der Waals surface area contributed by atoms with Crippen LogP contribution in [0.25, 0.3) is 32.2 Å². The quantitative estimate of drug-likeness (QED) is 0.0993. The topological polar surface area (TPSA) is 175 Å². The van der Waals surface area contributed by atoms with Crippen molar-refractivity contribution in [1.82, 2.24) is 30.0 Å². The summed E-state index contributed by atoms with van der Waals surface area (Å²) in [4.78, 5) is 67.3. The van der Waals surface area contributed by atoms with Gasteiger partial charge in [0.05, 0.1) is 33.4 Å². The molecule has 2 aliphatic carbocycles. The SMILES string of the molecule is Cc1cc(OC2CCC([C@H]3C[C@@H]3CN3CCN(c4ccc5c(C6CCC(=O)NC6=O)nn(C)c5c4)CC3)CC2)ccc1-c1ccc(N2CCc3cccc(C(=O)Nc4nc5ccccc5s4)c3C2)nc1C(=O)O. The Labute approximate surface area is 427 Å². The Balaban J connectivity index is 0.623. The number of hydrogen-bond acceptors (Lipinski definition) is 12. The van der Waals surface area contributed by atoms with Gasteiger partial charge in [-0.1, -0.05) is 41.7 Å². The van der Waals surface area contributed by atoms with Crippen molar-refractivity contribution in [2.24, 2.45) is 24.8 Å². The molecule has 5 aliphatic rings. The fourth-order valence-corrected chi connectivity index (χ4v) is 13.0. The summed E-state index contributed by atoms with van der Waals surface area (Å²) in [6.07, 6.45) is 7.43. The van der Waals surface area contributed by atoms with Crippen LogP contribution >= 0.6 is 11.3 Å². The largest absolute Gasteiger partial charge is 0.490 e. The zero-order valence-corrected chi connectivity index (χ0v) is 42.0. The second-order valence-electron chi connectivity index (χ2n) is 20.7. The molecule has 0 spiro atoms. The number of para-hydroxylation sites is 1. The highest BCUT2D eigenvalue weighted by molar-refractivity contribution is 7.22. The molecule has 3 N–H and O–H groups in total. The molecular weight excluding hydrogens is 939 g/mol. The number of thiazole rings is 1. The number of amides is 3. The van der Waals surface area contributed by atoms with Gasteiger partial charge in [0.2, 0.25) is 11.8 Å². The minimum absolute atomic E-state index is 0.00975. The van der Waals surface area contributed by atoms with Crippen molar-refractivity contribution in [3.05, 3.63) is 125 Å². The molecular formula is C57H59N9O6S. The lowest BCUT2D eigenvalue weighted by Gasteiger charge is -2.36. The van der Waals surface area contributed by atoms with Gasteiger partial charge in [0.15, 0.2) is 10.8 Å². The Kier molecular flexibility index (Phi) is 12.4. The Hall–Kier alpha value is -7.17. The van der Waals surface area contributed by atoms with E-state index in [1.165, 1.54) is 42.8 Å². The number of rotatable bonds is 12. The number of pyridine rings is 1. The molecule has 3 aliphatic heterocycles. The Bertz CT molecular complexity index is 3280. The van der Waals surface area contributed by atoms with Gasteiger partial charge in [-0.3, -0.25) is 34.6 Å². The summed E-state index contributed by atoms with van der Waals surface area (Å²) < 4.78 is 9.47. The number of aryl methyl sites for hydroxylation is 2. The second-order valence-corrected chi connectivity index (χ2v) is 21.7. The minimum atomic E-state index is -1.09. The van der Waals surface area contributed by atoms with Crippen LogP contribution in [0, 0.1) is 24.7 Å². The predicted octanol–water partition coefficient (Wildman–Crippen LogP) is 8.98. The fraction of sp³-hybridized carbons (Fsp3) is 0.386. The highest BCUT2D eigenvalue weighted by atomic mass is 32.1. The van der Waals surface area contributed by atoms with Crippen LogP contribution in [0.15, 0.2) is 91.0 Å². The number of nitrogens with one attached hydrogen (secondary N) is 2. The Morgan fingerprint density at radius 3 is 2.47 bits per heavy atom. The molecule has 3 aromatic heterocycles. The summed E-state index contributed by atoms with van der Waals surface area (Å²) in [5.41, 5.74) is 8.61. The molecule has 2 saturated carbocycles.